The van der Waals surface area contributed by atoms with Gasteiger partial charge in [-0.05, 0) is 42.3 Å². The van der Waals surface area contributed by atoms with Gasteiger partial charge in [-0.25, -0.2) is 0 Å². The van der Waals surface area contributed by atoms with Crippen LogP contribution in [0.2, 0.25) is 0 Å². The Labute approximate surface area is 146 Å². The largest absolute Gasteiger partial charge is 0.363 e. The Morgan fingerprint density at radius 1 is 0.696 bits per heavy atom. The average Bonchev–Trinajstić information content (AvgIpc) is 2.58. The summed E-state index contributed by atoms with van der Waals surface area (Å²) in [6.45, 7) is 3.92. The normalized spacial score (nSPS) is 10.5. The molecular weight excluding hydrogens is 346 g/mol. The molecule has 0 spiro atoms. The molecule has 0 aromatic heterocycles. The molecule has 0 aliphatic carbocycles. The molecule has 23 heavy (non-hydrogen) atoms. The van der Waals surface area contributed by atoms with Crippen molar-refractivity contribution >= 4 is 21.6 Å². The molecule has 2 heteroatoms. The number of nitrogens with zero attached hydrogens (tertiary/aromatic N) is 1. The van der Waals surface area contributed by atoms with Crippen LogP contribution >= 0.6 is 15.9 Å². The fraction of sp³-hybridized carbons (Fsp3) is 0.143. The predicted molar refractivity (Wildman–Crippen MR) is 102 cm³/mol. The van der Waals surface area contributed by atoms with Gasteiger partial charge in [0.15, 0.2) is 0 Å². The minimum atomic E-state index is 0.899. The zero-order chi connectivity index (χ0) is 16.1. The monoisotopic (exact) mass is 365 g/mol. The lowest BCUT2D eigenvalue weighted by Crippen LogP contribution is -2.22. The predicted octanol–water partition coefficient (Wildman–Crippen LogP) is 5.96. The number of rotatable bonds is 5. The van der Waals surface area contributed by atoms with Crippen molar-refractivity contribution in [3.05, 3.63) is 100 Å². The molecule has 0 fully saturated rings. The maximum Gasteiger partial charge on any atom is 0.0433 e. The second-order valence-electron chi connectivity index (χ2n) is 5.80. The fourth-order valence-electron chi connectivity index (χ4n) is 2.61. The van der Waals surface area contributed by atoms with E-state index in [1.54, 1.807) is 0 Å². The van der Waals surface area contributed by atoms with Gasteiger partial charge in [-0.15, -0.1) is 0 Å². The Balaban J connectivity index is 1.86. The van der Waals surface area contributed by atoms with Gasteiger partial charge in [0, 0.05) is 23.2 Å². The molecule has 0 radical (unpaired) electrons. The van der Waals surface area contributed by atoms with Crippen molar-refractivity contribution in [1.29, 1.82) is 0 Å². The summed E-state index contributed by atoms with van der Waals surface area (Å²) in [5, 5.41) is 0. The number of hydrogen-bond acceptors (Lipinski definition) is 1. The van der Waals surface area contributed by atoms with Crippen LogP contribution in [0.3, 0.4) is 0 Å². The van der Waals surface area contributed by atoms with Crippen LogP contribution in [0, 0.1) is 6.92 Å². The molecule has 0 heterocycles. The molecule has 3 rings (SSSR count). The molecule has 0 N–H and O–H groups in total. The Bertz CT molecular complexity index is 733. The van der Waals surface area contributed by atoms with Gasteiger partial charge >= 0.3 is 0 Å². The van der Waals surface area contributed by atoms with Crippen LogP contribution in [0.4, 0.5) is 5.69 Å². The highest BCUT2D eigenvalue weighted by Gasteiger charge is 2.08. The molecule has 3 aromatic rings. The average molecular weight is 366 g/mol. The lowest BCUT2D eigenvalue weighted by molar-refractivity contribution is 0.799. The van der Waals surface area contributed by atoms with E-state index in [-0.39, 0.29) is 0 Å². The second-order valence-corrected chi connectivity index (χ2v) is 6.72. The van der Waals surface area contributed by atoms with Crippen molar-refractivity contribution in [1.82, 2.24) is 0 Å². The van der Waals surface area contributed by atoms with Crippen molar-refractivity contribution in [2.24, 2.45) is 0 Å². The summed E-state index contributed by atoms with van der Waals surface area (Å²) in [7, 11) is 0. The van der Waals surface area contributed by atoms with E-state index in [0.29, 0.717) is 0 Å². The summed E-state index contributed by atoms with van der Waals surface area (Å²) >= 11 is 3.52. The van der Waals surface area contributed by atoms with Crippen LogP contribution in [0.15, 0.2) is 83.3 Å². The first-order valence-corrected chi connectivity index (χ1v) is 8.60. The number of anilines is 1. The van der Waals surface area contributed by atoms with E-state index in [1.807, 2.05) is 0 Å². The molecule has 0 unspecified atom stereocenters. The summed E-state index contributed by atoms with van der Waals surface area (Å²) in [6.07, 6.45) is 0. The maximum absolute atomic E-state index is 3.52. The highest BCUT2D eigenvalue weighted by Crippen LogP contribution is 2.22. The molecule has 3 aromatic carbocycles. The van der Waals surface area contributed by atoms with E-state index < -0.39 is 0 Å². The Morgan fingerprint density at radius 2 is 1.26 bits per heavy atom. The van der Waals surface area contributed by atoms with Crippen molar-refractivity contribution in [3.8, 4) is 0 Å². The van der Waals surface area contributed by atoms with Crippen LogP contribution in [0.5, 0.6) is 0 Å². The van der Waals surface area contributed by atoms with E-state index in [4.69, 9.17) is 0 Å². The van der Waals surface area contributed by atoms with Crippen molar-refractivity contribution in [2.45, 2.75) is 20.0 Å². The standard InChI is InChI=1S/C21H20BrN/c1-17-7-9-19(10-8-17)16-23(15-18-5-3-2-4-6-18)21-13-11-20(22)12-14-21/h2-14H,15-16H2,1H3. The topological polar surface area (TPSA) is 3.24 Å². The van der Waals surface area contributed by atoms with Gasteiger partial charge in [0.2, 0.25) is 0 Å². The van der Waals surface area contributed by atoms with Crippen molar-refractivity contribution in [3.63, 3.8) is 0 Å². The third-order valence-corrected chi connectivity index (χ3v) is 4.43. The minimum absolute atomic E-state index is 0.899. The van der Waals surface area contributed by atoms with Crippen LogP contribution in [0.25, 0.3) is 0 Å². The van der Waals surface area contributed by atoms with Gasteiger partial charge in [-0.2, -0.15) is 0 Å². The van der Waals surface area contributed by atoms with Crippen molar-refractivity contribution in [2.75, 3.05) is 4.90 Å². The lowest BCUT2D eigenvalue weighted by atomic mass is 10.1. The maximum atomic E-state index is 3.52. The second kappa shape index (κ2) is 7.47. The van der Waals surface area contributed by atoms with Crippen LogP contribution < -0.4 is 4.90 Å². The lowest BCUT2D eigenvalue weighted by Gasteiger charge is -2.25. The van der Waals surface area contributed by atoms with Gasteiger partial charge in [0.1, 0.15) is 0 Å². The Morgan fingerprint density at radius 3 is 1.87 bits per heavy atom. The van der Waals surface area contributed by atoms with E-state index in [9.17, 15) is 0 Å². The molecular formula is C21H20BrN. The molecule has 0 saturated heterocycles. The molecule has 0 bridgehead atoms. The third-order valence-electron chi connectivity index (χ3n) is 3.90. The molecule has 116 valence electrons. The van der Waals surface area contributed by atoms with E-state index >= 15 is 0 Å². The highest BCUT2D eigenvalue weighted by atomic mass is 79.9. The van der Waals surface area contributed by atoms with Crippen molar-refractivity contribution < 1.29 is 0 Å². The fourth-order valence-corrected chi connectivity index (χ4v) is 2.87. The number of hydrogen-bond donors (Lipinski definition) is 0. The Hall–Kier alpha value is -2.06. The minimum Gasteiger partial charge on any atom is -0.363 e. The first-order valence-electron chi connectivity index (χ1n) is 7.81. The molecule has 0 aliphatic heterocycles. The summed E-state index contributed by atoms with van der Waals surface area (Å²) < 4.78 is 1.11. The van der Waals surface area contributed by atoms with E-state index in [1.165, 1.54) is 22.4 Å². The Kier molecular flexibility index (Phi) is 5.14. The van der Waals surface area contributed by atoms with Gasteiger partial charge in [0.05, 0.1) is 0 Å². The summed E-state index contributed by atoms with van der Waals surface area (Å²) in [5.41, 5.74) is 5.18. The molecule has 0 saturated carbocycles. The first kappa shape index (κ1) is 15.8. The SMILES string of the molecule is Cc1ccc(CN(Cc2ccccc2)c2ccc(Br)cc2)cc1. The first-order chi connectivity index (χ1) is 11.2. The number of benzene rings is 3. The quantitative estimate of drug-likeness (QED) is 0.538. The summed E-state index contributed by atoms with van der Waals surface area (Å²) in [6, 6.07) is 27.9. The zero-order valence-electron chi connectivity index (χ0n) is 13.2. The van der Waals surface area contributed by atoms with E-state index in [2.05, 4.69) is 107 Å². The summed E-state index contributed by atoms with van der Waals surface area (Å²) in [5.74, 6) is 0. The van der Waals surface area contributed by atoms with Crippen LogP contribution in [-0.4, -0.2) is 0 Å². The highest BCUT2D eigenvalue weighted by molar-refractivity contribution is 9.10. The molecule has 0 amide bonds. The van der Waals surface area contributed by atoms with Gasteiger partial charge in [0.25, 0.3) is 0 Å². The number of aryl methyl sites for hydroxylation is 1. The smallest absolute Gasteiger partial charge is 0.0433 e. The molecule has 0 aliphatic rings. The third kappa shape index (κ3) is 4.46. The van der Waals surface area contributed by atoms with Crippen LogP contribution in [-0.2, 0) is 13.1 Å². The molecule has 1 nitrogen and oxygen atoms in total. The zero-order valence-corrected chi connectivity index (χ0v) is 14.8. The summed E-state index contributed by atoms with van der Waals surface area (Å²) in [4.78, 5) is 2.41. The van der Waals surface area contributed by atoms with Gasteiger partial charge < -0.3 is 4.90 Å². The van der Waals surface area contributed by atoms with Crippen LogP contribution in [0.1, 0.15) is 16.7 Å². The van der Waals surface area contributed by atoms with Gasteiger partial charge in [-0.1, -0.05) is 76.1 Å². The van der Waals surface area contributed by atoms with E-state index in [0.717, 1.165) is 17.6 Å². The van der Waals surface area contributed by atoms with Gasteiger partial charge in [-0.3, -0.25) is 0 Å². The molecule has 0 atom stereocenters. The number of halogens is 1.